The Morgan fingerprint density at radius 2 is 1.52 bits per heavy atom. The van der Waals surface area contributed by atoms with Crippen molar-refractivity contribution in [3.63, 3.8) is 0 Å². The quantitative estimate of drug-likeness (QED) is 0.619. The first-order valence-electron chi connectivity index (χ1n) is 8.89. The first-order valence-corrected chi connectivity index (χ1v) is 8.89. The third kappa shape index (κ3) is 5.38. The van der Waals surface area contributed by atoms with Crippen molar-refractivity contribution in [1.82, 2.24) is 25.7 Å². The van der Waals surface area contributed by atoms with Gasteiger partial charge in [0, 0.05) is 16.7 Å². The summed E-state index contributed by atoms with van der Waals surface area (Å²) in [6.07, 6.45) is -4.49. The number of ether oxygens (including phenoxy) is 1. The lowest BCUT2D eigenvalue weighted by atomic mass is 10.1. The van der Waals surface area contributed by atoms with E-state index in [1.54, 1.807) is 12.1 Å². The number of alkyl halides is 3. The number of halogens is 3. The zero-order valence-corrected chi connectivity index (χ0v) is 16.4. The van der Waals surface area contributed by atoms with E-state index >= 15 is 0 Å². The van der Waals surface area contributed by atoms with Crippen LogP contribution in [0.25, 0.3) is 22.8 Å². The van der Waals surface area contributed by atoms with Gasteiger partial charge in [-0.25, -0.2) is 0 Å². The molecule has 1 amide bonds. The Morgan fingerprint density at radius 1 is 0.935 bits per heavy atom. The molecule has 0 spiro atoms. The highest BCUT2D eigenvalue weighted by Gasteiger charge is 2.31. The zero-order chi connectivity index (χ0) is 22.6. The minimum Gasteiger partial charge on any atom is -0.468 e. The fourth-order valence-corrected chi connectivity index (χ4v) is 2.63. The van der Waals surface area contributed by atoms with Crippen LogP contribution in [0.2, 0.25) is 0 Å². The summed E-state index contributed by atoms with van der Waals surface area (Å²) in [6.45, 7) is 1.28. The van der Waals surface area contributed by atoms with Crippen molar-refractivity contribution in [1.29, 1.82) is 0 Å². The smallest absolute Gasteiger partial charge is 0.416 e. The van der Waals surface area contributed by atoms with Gasteiger partial charge in [0.25, 0.3) is 5.91 Å². The van der Waals surface area contributed by atoms with E-state index in [0.717, 1.165) is 12.1 Å². The standard InChI is InChI=1S/C20H16F3N5O3/c1-11-7-14(9-15(8-11)20(21,22)23)18-27-25-17(26-28-18)12-3-5-13(6-4-12)19(30)24-10-16(29)31-2/h3-9H,10H2,1-2H3,(H,24,30). The number of hydrogen-bond acceptors (Lipinski definition) is 7. The van der Waals surface area contributed by atoms with Gasteiger partial charge in [-0.15, -0.1) is 20.4 Å². The van der Waals surface area contributed by atoms with Crippen LogP contribution < -0.4 is 5.32 Å². The molecule has 1 aromatic heterocycles. The fraction of sp³-hybridized carbons (Fsp3) is 0.200. The molecule has 0 bridgehead atoms. The van der Waals surface area contributed by atoms with Crippen LogP contribution in [0.4, 0.5) is 13.2 Å². The lowest BCUT2D eigenvalue weighted by molar-refractivity contribution is -0.139. The number of aromatic nitrogens is 4. The predicted octanol–water partition coefficient (Wildman–Crippen LogP) is 2.83. The predicted molar refractivity (Wildman–Crippen MR) is 103 cm³/mol. The summed E-state index contributed by atoms with van der Waals surface area (Å²) in [4.78, 5) is 23.1. The number of nitrogens with zero attached hydrogens (tertiary/aromatic N) is 4. The Hall–Kier alpha value is -3.89. The molecule has 0 saturated heterocycles. The van der Waals surface area contributed by atoms with Crippen LogP contribution in [-0.4, -0.2) is 45.9 Å². The Balaban J connectivity index is 1.77. The normalized spacial score (nSPS) is 11.1. The van der Waals surface area contributed by atoms with Crippen molar-refractivity contribution in [2.24, 2.45) is 0 Å². The second kappa shape index (κ2) is 8.86. The summed E-state index contributed by atoms with van der Waals surface area (Å²) in [7, 11) is 1.21. The molecule has 0 radical (unpaired) electrons. The lowest BCUT2D eigenvalue weighted by Gasteiger charge is -2.09. The molecule has 0 aliphatic carbocycles. The molecule has 31 heavy (non-hydrogen) atoms. The van der Waals surface area contributed by atoms with Crippen LogP contribution in [-0.2, 0) is 15.7 Å². The average molecular weight is 431 g/mol. The van der Waals surface area contributed by atoms with E-state index in [1.807, 2.05) is 0 Å². The van der Waals surface area contributed by atoms with E-state index < -0.39 is 23.6 Å². The Bertz CT molecular complexity index is 1100. The number of carbonyl (C=O) groups is 2. The maximum Gasteiger partial charge on any atom is 0.416 e. The molecule has 0 atom stereocenters. The van der Waals surface area contributed by atoms with Gasteiger partial charge in [-0.1, -0.05) is 12.1 Å². The summed E-state index contributed by atoms with van der Waals surface area (Å²) in [5, 5.41) is 18.0. The molecule has 0 aliphatic rings. The van der Waals surface area contributed by atoms with Crippen LogP contribution in [0.1, 0.15) is 21.5 Å². The number of benzene rings is 2. The molecule has 11 heteroatoms. The second-order valence-electron chi connectivity index (χ2n) is 6.47. The van der Waals surface area contributed by atoms with Gasteiger partial charge in [0.2, 0.25) is 11.6 Å². The third-order valence-corrected chi connectivity index (χ3v) is 4.17. The largest absolute Gasteiger partial charge is 0.468 e. The lowest BCUT2D eigenvalue weighted by Crippen LogP contribution is -2.30. The minimum absolute atomic E-state index is 0.0447. The number of hydrogen-bond donors (Lipinski definition) is 1. The molecule has 0 aliphatic heterocycles. The van der Waals surface area contributed by atoms with Gasteiger partial charge in [0.05, 0.1) is 12.7 Å². The van der Waals surface area contributed by atoms with Gasteiger partial charge in [-0.05, 0) is 42.8 Å². The molecule has 0 saturated carbocycles. The van der Waals surface area contributed by atoms with Gasteiger partial charge in [-0.3, -0.25) is 9.59 Å². The number of aryl methyl sites for hydroxylation is 1. The Morgan fingerprint density at radius 3 is 2.06 bits per heavy atom. The molecule has 2 aromatic carbocycles. The van der Waals surface area contributed by atoms with Gasteiger partial charge >= 0.3 is 12.1 Å². The number of methoxy groups -OCH3 is 1. The van der Waals surface area contributed by atoms with Crippen molar-refractivity contribution in [3.8, 4) is 22.8 Å². The summed E-state index contributed by atoms with van der Waals surface area (Å²) >= 11 is 0. The highest BCUT2D eigenvalue weighted by atomic mass is 19.4. The van der Waals surface area contributed by atoms with E-state index in [4.69, 9.17) is 0 Å². The Kier molecular flexibility index (Phi) is 6.23. The molecule has 8 nitrogen and oxygen atoms in total. The number of rotatable bonds is 5. The first kappa shape index (κ1) is 21.8. The van der Waals surface area contributed by atoms with Crippen LogP contribution in [0.3, 0.4) is 0 Å². The number of esters is 1. The third-order valence-electron chi connectivity index (χ3n) is 4.17. The van der Waals surface area contributed by atoms with Crippen molar-refractivity contribution in [2.45, 2.75) is 13.1 Å². The van der Waals surface area contributed by atoms with Gasteiger partial charge in [0.15, 0.2) is 0 Å². The zero-order valence-electron chi connectivity index (χ0n) is 16.4. The summed E-state index contributed by atoms with van der Waals surface area (Å²) in [5.41, 5.74) is 0.534. The van der Waals surface area contributed by atoms with E-state index in [9.17, 15) is 22.8 Å². The number of carbonyl (C=O) groups excluding carboxylic acids is 2. The van der Waals surface area contributed by atoms with Crippen LogP contribution in [0.15, 0.2) is 42.5 Å². The first-order chi connectivity index (χ1) is 14.7. The number of amides is 1. The Labute approximate surface area is 174 Å². The summed E-state index contributed by atoms with van der Waals surface area (Å²) < 4.78 is 43.5. The monoisotopic (exact) mass is 431 g/mol. The molecular weight excluding hydrogens is 415 g/mol. The van der Waals surface area contributed by atoms with Crippen molar-refractivity contribution in [2.75, 3.05) is 13.7 Å². The van der Waals surface area contributed by atoms with Crippen LogP contribution >= 0.6 is 0 Å². The molecule has 0 unspecified atom stereocenters. The molecule has 0 fully saturated rings. The SMILES string of the molecule is COC(=O)CNC(=O)c1ccc(-c2nnc(-c3cc(C)cc(C(F)(F)F)c3)nn2)cc1. The van der Waals surface area contributed by atoms with Crippen LogP contribution in [0, 0.1) is 6.92 Å². The van der Waals surface area contributed by atoms with Crippen molar-refractivity contribution >= 4 is 11.9 Å². The maximum atomic E-state index is 13.0. The molecule has 1 N–H and O–H groups in total. The molecule has 160 valence electrons. The average Bonchev–Trinajstić information content (AvgIpc) is 2.76. The molecule has 1 heterocycles. The molecule has 3 rings (SSSR count). The van der Waals surface area contributed by atoms with Crippen molar-refractivity contribution < 1.29 is 27.5 Å². The second-order valence-corrected chi connectivity index (χ2v) is 6.47. The van der Waals surface area contributed by atoms with E-state index in [2.05, 4.69) is 30.4 Å². The highest BCUT2D eigenvalue weighted by Crippen LogP contribution is 2.32. The summed E-state index contributed by atoms with van der Waals surface area (Å²) in [5.74, 6) is -0.957. The fourth-order valence-electron chi connectivity index (χ4n) is 2.63. The maximum absolute atomic E-state index is 13.0. The molecular formula is C20H16F3N5O3. The van der Waals surface area contributed by atoms with Gasteiger partial charge in [-0.2, -0.15) is 13.2 Å². The minimum atomic E-state index is -4.49. The van der Waals surface area contributed by atoms with E-state index in [1.165, 1.54) is 32.2 Å². The van der Waals surface area contributed by atoms with Crippen LogP contribution in [0.5, 0.6) is 0 Å². The summed E-state index contributed by atoms with van der Waals surface area (Å²) in [6, 6.07) is 9.58. The van der Waals surface area contributed by atoms with Crippen molar-refractivity contribution in [3.05, 3.63) is 59.2 Å². The van der Waals surface area contributed by atoms with Gasteiger partial charge < -0.3 is 10.1 Å². The topological polar surface area (TPSA) is 107 Å². The van der Waals surface area contributed by atoms with E-state index in [-0.39, 0.29) is 23.8 Å². The number of nitrogens with one attached hydrogen (secondary N) is 1. The van der Waals surface area contributed by atoms with E-state index in [0.29, 0.717) is 16.7 Å². The van der Waals surface area contributed by atoms with Gasteiger partial charge in [0.1, 0.15) is 6.54 Å². The highest BCUT2D eigenvalue weighted by molar-refractivity contribution is 5.96. The molecule has 3 aromatic rings.